The lowest BCUT2D eigenvalue weighted by Crippen LogP contribution is -2.27. The molecule has 0 amide bonds. The number of hydrogen-bond acceptors (Lipinski definition) is 5. The molecule has 0 aliphatic heterocycles. The summed E-state index contributed by atoms with van der Waals surface area (Å²) in [4.78, 5) is 17.8. The summed E-state index contributed by atoms with van der Waals surface area (Å²) in [5.74, 6) is -0.444. The highest BCUT2D eigenvalue weighted by Gasteiger charge is 2.26. The molecule has 4 aromatic rings. The number of para-hydroxylation sites is 3. The normalized spacial score (nSPS) is 12.6. The maximum atomic E-state index is 13.5. The van der Waals surface area contributed by atoms with Crippen LogP contribution in [0.4, 0.5) is 5.69 Å². The summed E-state index contributed by atoms with van der Waals surface area (Å²) in [6.45, 7) is 1.50. The molecular formula is C23H20ClN3O4S. The molecule has 164 valence electrons. The predicted molar refractivity (Wildman–Crippen MR) is 124 cm³/mol. The first-order valence-corrected chi connectivity index (χ1v) is 11.6. The lowest BCUT2D eigenvalue weighted by atomic mass is 10.2. The van der Waals surface area contributed by atoms with Crippen LogP contribution in [0.5, 0.6) is 0 Å². The summed E-state index contributed by atoms with van der Waals surface area (Å²) < 4.78 is 28.8. The SMILES string of the molecule is CC(O)c1nc2ccccc2n1C(=O)c1cc(S(=O)(=O)N(C)c2ccccc2)ccc1Cl. The largest absolute Gasteiger partial charge is 0.385 e. The number of hydrogen-bond donors (Lipinski definition) is 1. The van der Waals surface area contributed by atoms with Crippen LogP contribution >= 0.6 is 11.6 Å². The average molecular weight is 470 g/mol. The van der Waals surface area contributed by atoms with Crippen molar-refractivity contribution in [1.82, 2.24) is 9.55 Å². The number of aliphatic hydroxyl groups excluding tert-OH is 1. The monoisotopic (exact) mass is 469 g/mol. The second-order valence-corrected chi connectivity index (χ2v) is 9.60. The van der Waals surface area contributed by atoms with Crippen LogP contribution in [0.1, 0.15) is 29.2 Å². The Hall–Kier alpha value is -3.20. The molecule has 1 aromatic heterocycles. The molecule has 0 spiro atoms. The van der Waals surface area contributed by atoms with Crippen LogP contribution in [-0.2, 0) is 10.0 Å². The van der Waals surface area contributed by atoms with E-state index in [1.165, 1.54) is 36.7 Å². The highest BCUT2D eigenvalue weighted by atomic mass is 35.5. The van der Waals surface area contributed by atoms with E-state index >= 15 is 0 Å². The molecule has 9 heteroatoms. The standard InChI is InChI=1S/C23H20ClN3O4S/c1-15(28)22-25-20-10-6-7-11-21(20)27(22)23(29)18-14-17(12-13-19(18)24)32(30,31)26(2)16-8-4-3-5-9-16/h3-15,28H,1-2H3. The molecule has 0 aliphatic carbocycles. The third kappa shape index (κ3) is 3.77. The number of aromatic nitrogens is 2. The molecule has 0 radical (unpaired) electrons. The maximum Gasteiger partial charge on any atom is 0.265 e. The van der Waals surface area contributed by atoms with Gasteiger partial charge in [0, 0.05) is 7.05 Å². The second kappa shape index (κ2) is 8.38. The van der Waals surface area contributed by atoms with Crippen molar-refractivity contribution in [3.8, 4) is 0 Å². The molecule has 0 fully saturated rings. The van der Waals surface area contributed by atoms with E-state index in [2.05, 4.69) is 4.98 Å². The molecule has 4 rings (SSSR count). The van der Waals surface area contributed by atoms with E-state index < -0.39 is 22.0 Å². The summed E-state index contributed by atoms with van der Waals surface area (Å²) in [5.41, 5.74) is 1.48. The van der Waals surface area contributed by atoms with E-state index in [-0.39, 0.29) is 21.3 Å². The molecule has 1 atom stereocenters. The zero-order chi connectivity index (χ0) is 23.0. The molecule has 7 nitrogen and oxygen atoms in total. The van der Waals surface area contributed by atoms with E-state index in [1.54, 1.807) is 54.6 Å². The van der Waals surface area contributed by atoms with Gasteiger partial charge in [0.1, 0.15) is 11.9 Å². The summed E-state index contributed by atoms with van der Waals surface area (Å²) in [7, 11) is -2.51. The van der Waals surface area contributed by atoms with Crippen LogP contribution in [0.2, 0.25) is 5.02 Å². The fraction of sp³-hybridized carbons (Fsp3) is 0.130. The Morgan fingerprint density at radius 3 is 2.41 bits per heavy atom. The van der Waals surface area contributed by atoms with Gasteiger partial charge in [-0.05, 0) is 49.4 Å². The van der Waals surface area contributed by atoms with E-state index in [0.717, 1.165) is 4.31 Å². The minimum atomic E-state index is -3.95. The highest BCUT2D eigenvalue weighted by Crippen LogP contribution is 2.28. The number of carbonyl (C=O) groups is 1. The first kappa shape index (κ1) is 22.0. The van der Waals surface area contributed by atoms with Gasteiger partial charge >= 0.3 is 0 Å². The predicted octanol–water partition coefficient (Wildman–Crippen LogP) is 4.26. The van der Waals surface area contributed by atoms with Crippen LogP contribution in [0.3, 0.4) is 0 Å². The molecule has 0 aliphatic rings. The summed E-state index contributed by atoms with van der Waals surface area (Å²) in [6, 6.07) is 19.5. The van der Waals surface area contributed by atoms with Crippen LogP contribution in [-0.4, -0.2) is 36.0 Å². The number of aliphatic hydroxyl groups is 1. The maximum absolute atomic E-state index is 13.5. The fourth-order valence-corrected chi connectivity index (χ4v) is 4.84. The van der Waals surface area contributed by atoms with Crippen molar-refractivity contribution in [1.29, 1.82) is 0 Å². The smallest absolute Gasteiger partial charge is 0.265 e. The Morgan fingerprint density at radius 2 is 1.72 bits per heavy atom. The second-order valence-electron chi connectivity index (χ2n) is 7.22. The van der Waals surface area contributed by atoms with Gasteiger partial charge in [-0.25, -0.2) is 13.4 Å². The molecule has 0 saturated carbocycles. The van der Waals surface area contributed by atoms with Gasteiger partial charge in [-0.2, -0.15) is 0 Å². The highest BCUT2D eigenvalue weighted by molar-refractivity contribution is 7.92. The molecular weight excluding hydrogens is 450 g/mol. The summed E-state index contributed by atoms with van der Waals surface area (Å²) >= 11 is 6.31. The number of carbonyl (C=O) groups excluding carboxylic acids is 1. The third-order valence-corrected chi connectivity index (χ3v) is 7.22. The number of imidazole rings is 1. The Morgan fingerprint density at radius 1 is 1.06 bits per heavy atom. The van der Waals surface area contributed by atoms with E-state index in [9.17, 15) is 18.3 Å². The Bertz CT molecular complexity index is 1420. The van der Waals surface area contributed by atoms with Crippen molar-refractivity contribution >= 4 is 44.3 Å². The van der Waals surface area contributed by atoms with Gasteiger partial charge in [0.15, 0.2) is 0 Å². The van der Waals surface area contributed by atoms with Crippen LogP contribution in [0.15, 0.2) is 77.7 Å². The molecule has 1 N–H and O–H groups in total. The molecule has 3 aromatic carbocycles. The van der Waals surface area contributed by atoms with Crippen molar-refractivity contribution in [3.63, 3.8) is 0 Å². The van der Waals surface area contributed by atoms with Crippen LogP contribution in [0, 0.1) is 0 Å². The first-order chi connectivity index (χ1) is 15.2. The minimum Gasteiger partial charge on any atom is -0.385 e. The van der Waals surface area contributed by atoms with Gasteiger partial charge < -0.3 is 5.11 Å². The van der Waals surface area contributed by atoms with Gasteiger partial charge in [-0.3, -0.25) is 13.7 Å². The quantitative estimate of drug-likeness (QED) is 0.471. The van der Waals surface area contributed by atoms with Crippen molar-refractivity contribution in [2.45, 2.75) is 17.9 Å². The lowest BCUT2D eigenvalue weighted by molar-refractivity contribution is 0.0943. The zero-order valence-corrected chi connectivity index (χ0v) is 18.9. The average Bonchev–Trinajstić information content (AvgIpc) is 3.19. The van der Waals surface area contributed by atoms with Gasteiger partial charge in [-0.15, -0.1) is 0 Å². The van der Waals surface area contributed by atoms with Crippen LogP contribution in [0.25, 0.3) is 11.0 Å². The molecule has 0 saturated heterocycles. The van der Waals surface area contributed by atoms with Gasteiger partial charge in [0.05, 0.1) is 32.2 Å². The van der Waals surface area contributed by atoms with Crippen LogP contribution < -0.4 is 4.31 Å². The summed E-state index contributed by atoms with van der Waals surface area (Å²) in [5, 5.41) is 10.3. The molecule has 1 unspecified atom stereocenters. The number of rotatable bonds is 5. The zero-order valence-electron chi connectivity index (χ0n) is 17.3. The number of halogens is 1. The number of anilines is 1. The van der Waals surface area contributed by atoms with E-state index in [0.29, 0.717) is 16.7 Å². The van der Waals surface area contributed by atoms with Gasteiger partial charge in [0.2, 0.25) is 0 Å². The van der Waals surface area contributed by atoms with Crippen molar-refractivity contribution in [3.05, 3.63) is 89.2 Å². The topological polar surface area (TPSA) is 92.5 Å². The molecule has 32 heavy (non-hydrogen) atoms. The Labute approximate surface area is 190 Å². The lowest BCUT2D eigenvalue weighted by Gasteiger charge is -2.20. The summed E-state index contributed by atoms with van der Waals surface area (Å²) in [6.07, 6.45) is -1.03. The van der Waals surface area contributed by atoms with Gasteiger partial charge in [-0.1, -0.05) is 41.9 Å². The number of sulfonamides is 1. The minimum absolute atomic E-state index is 0.0146. The Kier molecular flexibility index (Phi) is 5.77. The number of benzene rings is 3. The number of nitrogens with zero attached hydrogens (tertiary/aromatic N) is 3. The van der Waals surface area contributed by atoms with E-state index in [1.807, 2.05) is 0 Å². The molecule has 0 bridgehead atoms. The van der Waals surface area contributed by atoms with Crippen molar-refractivity contribution < 1.29 is 18.3 Å². The third-order valence-electron chi connectivity index (χ3n) is 5.11. The van der Waals surface area contributed by atoms with Crippen molar-refractivity contribution in [2.24, 2.45) is 0 Å². The fourth-order valence-electron chi connectivity index (χ4n) is 3.42. The van der Waals surface area contributed by atoms with Gasteiger partial charge in [0.25, 0.3) is 15.9 Å². The Balaban J connectivity index is 1.83. The molecule has 1 heterocycles. The first-order valence-electron chi connectivity index (χ1n) is 9.75. The number of fused-ring (bicyclic) bond motifs is 1. The van der Waals surface area contributed by atoms with E-state index in [4.69, 9.17) is 11.6 Å². The van der Waals surface area contributed by atoms with Crippen molar-refractivity contribution in [2.75, 3.05) is 11.4 Å².